The number of ether oxygens (including phenoxy) is 1. The van der Waals surface area contributed by atoms with Gasteiger partial charge in [0.2, 0.25) is 15.9 Å². The van der Waals surface area contributed by atoms with E-state index >= 15 is 0 Å². The lowest BCUT2D eigenvalue weighted by Crippen LogP contribution is -2.34. The minimum absolute atomic E-state index is 0.0262. The van der Waals surface area contributed by atoms with E-state index in [9.17, 15) is 26.4 Å². The number of nitrogens with one attached hydrogen (secondary N) is 1. The third-order valence-electron chi connectivity index (χ3n) is 4.13. The van der Waals surface area contributed by atoms with Gasteiger partial charge in [0.1, 0.15) is 12.4 Å². The Labute approximate surface area is 184 Å². The molecule has 0 bridgehead atoms. The summed E-state index contributed by atoms with van der Waals surface area (Å²) in [6, 6.07) is 11.9. The number of carbonyl (C=O) groups is 1. The molecule has 0 fully saturated rings. The van der Waals surface area contributed by atoms with Crippen molar-refractivity contribution in [1.82, 2.24) is 5.32 Å². The van der Waals surface area contributed by atoms with E-state index in [2.05, 4.69) is 5.32 Å². The van der Waals surface area contributed by atoms with Crippen molar-refractivity contribution in [1.29, 1.82) is 0 Å². The molecule has 1 N–H and O–H groups in total. The van der Waals surface area contributed by atoms with E-state index in [0.29, 0.717) is 16.1 Å². The van der Waals surface area contributed by atoms with Crippen LogP contribution in [0.2, 0.25) is 5.02 Å². The molecule has 11 heteroatoms. The second kappa shape index (κ2) is 10.7. The average molecular weight is 479 g/mol. The molecule has 0 unspecified atom stereocenters. The van der Waals surface area contributed by atoms with Crippen molar-refractivity contribution in [3.8, 4) is 5.75 Å². The number of halogens is 4. The van der Waals surface area contributed by atoms with Crippen LogP contribution >= 0.6 is 11.6 Å². The number of rotatable bonds is 10. The van der Waals surface area contributed by atoms with Crippen LogP contribution in [0.25, 0.3) is 0 Å². The molecule has 0 aliphatic rings. The van der Waals surface area contributed by atoms with Crippen LogP contribution in [0.4, 0.5) is 18.9 Å². The molecule has 0 saturated heterocycles. The molecular weight excluding hydrogens is 457 g/mol. The average Bonchev–Trinajstić information content (AvgIpc) is 2.68. The van der Waals surface area contributed by atoms with Crippen LogP contribution in [-0.2, 0) is 21.0 Å². The molecule has 0 spiro atoms. The van der Waals surface area contributed by atoms with Gasteiger partial charge in [0.15, 0.2) is 0 Å². The number of sulfonamides is 1. The van der Waals surface area contributed by atoms with Crippen LogP contribution in [0.1, 0.15) is 18.4 Å². The standard InChI is InChI=1S/C20H22ClF3N2O4S/c1-31(28,29)26(18-10-9-15(21)14-17(18)20(22,23)24)12-5-8-19(27)25-11-13-30-16-6-3-2-4-7-16/h2-4,6-7,9-10,14H,5,8,11-13H2,1H3,(H,25,27). The first-order valence-corrected chi connectivity index (χ1v) is 11.5. The first-order chi connectivity index (χ1) is 14.5. The Kier molecular flexibility index (Phi) is 8.58. The number of benzene rings is 2. The number of alkyl halides is 3. The lowest BCUT2D eigenvalue weighted by molar-refractivity contribution is -0.137. The molecule has 31 heavy (non-hydrogen) atoms. The molecule has 6 nitrogen and oxygen atoms in total. The molecule has 2 rings (SSSR count). The van der Waals surface area contributed by atoms with E-state index < -0.39 is 27.5 Å². The Balaban J connectivity index is 1.93. The van der Waals surface area contributed by atoms with Gasteiger partial charge < -0.3 is 10.1 Å². The topological polar surface area (TPSA) is 75.7 Å². The third-order valence-corrected chi connectivity index (χ3v) is 5.55. The first-order valence-electron chi connectivity index (χ1n) is 9.27. The Bertz CT molecular complexity index is 986. The van der Waals surface area contributed by atoms with Gasteiger partial charge in [-0.1, -0.05) is 29.8 Å². The maximum atomic E-state index is 13.4. The van der Waals surface area contributed by atoms with Crippen molar-refractivity contribution in [2.45, 2.75) is 19.0 Å². The zero-order valence-electron chi connectivity index (χ0n) is 16.7. The minimum atomic E-state index is -4.79. The summed E-state index contributed by atoms with van der Waals surface area (Å²) in [7, 11) is -4.02. The van der Waals surface area contributed by atoms with Gasteiger partial charge in [-0.05, 0) is 36.8 Å². The number of anilines is 1. The van der Waals surface area contributed by atoms with Gasteiger partial charge in [0, 0.05) is 18.0 Å². The summed E-state index contributed by atoms with van der Waals surface area (Å²) in [6.07, 6.45) is -4.02. The molecule has 0 aliphatic heterocycles. The van der Waals surface area contributed by atoms with Crippen LogP contribution in [0.5, 0.6) is 5.75 Å². The Morgan fingerprint density at radius 2 is 1.84 bits per heavy atom. The summed E-state index contributed by atoms with van der Waals surface area (Å²) >= 11 is 5.66. The second-order valence-corrected chi connectivity index (χ2v) is 8.95. The highest BCUT2D eigenvalue weighted by atomic mass is 35.5. The second-order valence-electron chi connectivity index (χ2n) is 6.61. The third kappa shape index (κ3) is 7.95. The lowest BCUT2D eigenvalue weighted by atomic mass is 10.1. The molecule has 0 atom stereocenters. The Morgan fingerprint density at radius 1 is 1.16 bits per heavy atom. The predicted octanol–water partition coefficient (Wildman–Crippen LogP) is 4.10. The first kappa shape index (κ1) is 24.8. The summed E-state index contributed by atoms with van der Waals surface area (Å²) in [5.74, 6) is 0.293. The van der Waals surface area contributed by atoms with Crippen LogP contribution < -0.4 is 14.4 Å². The Hall–Kier alpha value is -2.46. The largest absolute Gasteiger partial charge is 0.492 e. The number of para-hydroxylation sites is 1. The highest BCUT2D eigenvalue weighted by molar-refractivity contribution is 7.92. The molecule has 0 aliphatic carbocycles. The fourth-order valence-corrected chi connectivity index (χ4v) is 3.91. The monoisotopic (exact) mass is 478 g/mol. The number of hydrogen-bond acceptors (Lipinski definition) is 4. The maximum Gasteiger partial charge on any atom is 0.418 e. The van der Waals surface area contributed by atoms with E-state index in [4.69, 9.17) is 16.3 Å². The molecule has 1 amide bonds. The van der Waals surface area contributed by atoms with E-state index in [0.717, 1.165) is 12.3 Å². The fourth-order valence-electron chi connectivity index (χ4n) is 2.77. The molecule has 0 saturated carbocycles. The van der Waals surface area contributed by atoms with E-state index in [1.807, 2.05) is 18.2 Å². The quantitative estimate of drug-likeness (QED) is 0.522. The van der Waals surface area contributed by atoms with E-state index in [1.165, 1.54) is 6.07 Å². The molecule has 2 aromatic carbocycles. The van der Waals surface area contributed by atoms with E-state index in [-0.39, 0.29) is 43.5 Å². The lowest BCUT2D eigenvalue weighted by Gasteiger charge is -2.25. The fraction of sp³-hybridized carbons (Fsp3) is 0.350. The summed E-state index contributed by atoms with van der Waals surface area (Å²) in [4.78, 5) is 12.0. The highest BCUT2D eigenvalue weighted by Crippen LogP contribution is 2.39. The van der Waals surface area contributed by atoms with Crippen molar-refractivity contribution in [2.24, 2.45) is 0 Å². The molecule has 2 aromatic rings. The SMILES string of the molecule is CS(=O)(=O)N(CCCC(=O)NCCOc1ccccc1)c1ccc(Cl)cc1C(F)(F)F. The van der Waals surface area contributed by atoms with Gasteiger partial charge in [-0.25, -0.2) is 8.42 Å². The highest BCUT2D eigenvalue weighted by Gasteiger charge is 2.36. The maximum absolute atomic E-state index is 13.4. The van der Waals surface area contributed by atoms with Crippen LogP contribution in [0.3, 0.4) is 0 Å². The molecule has 170 valence electrons. The van der Waals surface area contributed by atoms with Crippen molar-refractivity contribution >= 4 is 33.2 Å². The zero-order chi connectivity index (χ0) is 23.1. The molecule has 0 aromatic heterocycles. The summed E-state index contributed by atoms with van der Waals surface area (Å²) in [6.45, 7) is 0.182. The minimum Gasteiger partial charge on any atom is -0.492 e. The van der Waals surface area contributed by atoms with Gasteiger partial charge in [0.05, 0.1) is 24.1 Å². The van der Waals surface area contributed by atoms with Crippen LogP contribution in [-0.4, -0.2) is 40.3 Å². The zero-order valence-corrected chi connectivity index (χ0v) is 18.2. The van der Waals surface area contributed by atoms with Gasteiger partial charge in [0.25, 0.3) is 0 Å². The van der Waals surface area contributed by atoms with Crippen LogP contribution in [0, 0.1) is 0 Å². The molecule has 0 radical (unpaired) electrons. The normalized spacial score (nSPS) is 11.8. The summed E-state index contributed by atoms with van der Waals surface area (Å²) in [5.41, 5.74) is -1.69. The van der Waals surface area contributed by atoms with Gasteiger partial charge in [-0.3, -0.25) is 9.10 Å². The Morgan fingerprint density at radius 3 is 2.45 bits per heavy atom. The molecule has 0 heterocycles. The van der Waals surface area contributed by atoms with Crippen molar-refractivity contribution in [3.05, 3.63) is 59.1 Å². The van der Waals surface area contributed by atoms with Gasteiger partial charge >= 0.3 is 6.18 Å². The van der Waals surface area contributed by atoms with Gasteiger partial charge in [-0.15, -0.1) is 0 Å². The predicted molar refractivity (Wildman–Crippen MR) is 113 cm³/mol. The van der Waals surface area contributed by atoms with Gasteiger partial charge in [-0.2, -0.15) is 13.2 Å². The van der Waals surface area contributed by atoms with Crippen molar-refractivity contribution in [3.63, 3.8) is 0 Å². The summed E-state index contributed by atoms with van der Waals surface area (Å²) in [5, 5.41) is 2.45. The van der Waals surface area contributed by atoms with E-state index in [1.54, 1.807) is 12.1 Å². The number of nitrogens with zero attached hydrogens (tertiary/aromatic N) is 1. The van der Waals surface area contributed by atoms with Crippen molar-refractivity contribution < 1.29 is 31.1 Å². The molecular formula is C20H22ClF3N2O4S. The van der Waals surface area contributed by atoms with Crippen LogP contribution in [0.15, 0.2) is 48.5 Å². The summed E-state index contributed by atoms with van der Waals surface area (Å²) < 4.78 is 70.4. The number of amides is 1. The van der Waals surface area contributed by atoms with Crippen molar-refractivity contribution in [2.75, 3.05) is 30.3 Å². The number of carbonyl (C=O) groups excluding carboxylic acids is 1. The smallest absolute Gasteiger partial charge is 0.418 e. The number of hydrogen-bond donors (Lipinski definition) is 1.